The first kappa shape index (κ1) is 33.5. The predicted molar refractivity (Wildman–Crippen MR) is 193 cm³/mol. The maximum atomic E-state index is 13.6. The SMILES string of the molecule is [C-]#[N+]C(C#N)=C1Sc2c(OC(=O)CCCCCCC)c3c(c(OC(=O)CCCCCCC)c2S1)[C@@H]1c2ccccc2C12c1ccccc1[C@H]32. The summed E-state index contributed by atoms with van der Waals surface area (Å²) in [6, 6.07) is 19.0. The third kappa shape index (κ3) is 5.40. The molecule has 0 saturated heterocycles. The summed E-state index contributed by atoms with van der Waals surface area (Å²) in [5.41, 5.74) is 6.36. The summed E-state index contributed by atoms with van der Waals surface area (Å²) < 4.78 is 13.4. The summed E-state index contributed by atoms with van der Waals surface area (Å²) in [6.07, 6.45) is 10.8. The van der Waals surface area contributed by atoms with Crippen LogP contribution in [0.2, 0.25) is 0 Å². The summed E-state index contributed by atoms with van der Waals surface area (Å²) in [6.45, 7) is 12.0. The molecule has 1 unspecified atom stereocenters. The number of hydrogen-bond acceptors (Lipinski definition) is 7. The molecule has 250 valence electrons. The number of carbonyl (C=O) groups excluding carboxylic acids is 2. The lowest BCUT2D eigenvalue weighted by molar-refractivity contribution is -0.136. The van der Waals surface area contributed by atoms with Gasteiger partial charge in [-0.05, 0) is 35.1 Å². The van der Waals surface area contributed by atoms with Crippen LogP contribution in [-0.2, 0) is 15.0 Å². The number of nitrogens with zero attached hydrogens (tertiary/aromatic N) is 2. The minimum Gasteiger partial charge on any atom is -0.425 e. The Morgan fingerprint density at radius 1 is 0.755 bits per heavy atom. The number of fused-ring (bicyclic) bond motifs is 8. The minimum atomic E-state index is -0.338. The van der Waals surface area contributed by atoms with Gasteiger partial charge in [0.05, 0.1) is 26.7 Å². The van der Waals surface area contributed by atoms with Crippen LogP contribution in [-0.4, -0.2) is 11.9 Å². The van der Waals surface area contributed by atoms with E-state index in [1.54, 1.807) is 0 Å². The summed E-state index contributed by atoms with van der Waals surface area (Å²) >= 11 is 2.56. The highest BCUT2D eigenvalue weighted by Crippen LogP contribution is 2.81. The highest BCUT2D eigenvalue weighted by molar-refractivity contribution is 8.24. The molecule has 4 aliphatic rings. The third-order valence-corrected chi connectivity index (χ3v) is 13.1. The van der Waals surface area contributed by atoms with Gasteiger partial charge in [0, 0.05) is 41.2 Å². The van der Waals surface area contributed by atoms with Crippen molar-refractivity contribution in [2.24, 2.45) is 0 Å². The molecule has 0 aromatic heterocycles. The van der Waals surface area contributed by atoms with Crippen molar-refractivity contribution >= 4 is 35.5 Å². The lowest BCUT2D eigenvalue weighted by atomic mass is 9.43. The average Bonchev–Trinajstić information content (AvgIpc) is 3.62. The predicted octanol–water partition coefficient (Wildman–Crippen LogP) is 10.9. The molecule has 0 amide bonds. The van der Waals surface area contributed by atoms with Crippen LogP contribution in [0, 0.1) is 17.9 Å². The minimum absolute atomic E-state index is 0.0231. The van der Waals surface area contributed by atoms with Crippen LogP contribution in [0.5, 0.6) is 11.5 Å². The van der Waals surface area contributed by atoms with Crippen LogP contribution in [0.25, 0.3) is 4.85 Å². The van der Waals surface area contributed by atoms with E-state index in [9.17, 15) is 14.9 Å². The van der Waals surface area contributed by atoms with Crippen molar-refractivity contribution in [1.82, 2.24) is 0 Å². The zero-order chi connectivity index (χ0) is 34.1. The van der Waals surface area contributed by atoms with Crippen LogP contribution in [0.3, 0.4) is 0 Å². The van der Waals surface area contributed by atoms with Gasteiger partial charge in [0.2, 0.25) is 0 Å². The van der Waals surface area contributed by atoms with E-state index in [0.29, 0.717) is 38.4 Å². The molecule has 1 spiro atoms. The van der Waals surface area contributed by atoms with Gasteiger partial charge < -0.3 is 9.47 Å². The first-order valence-electron chi connectivity index (χ1n) is 17.7. The first-order valence-corrected chi connectivity index (χ1v) is 19.4. The van der Waals surface area contributed by atoms with E-state index < -0.39 is 0 Å². The number of hydrogen-bond donors (Lipinski definition) is 0. The van der Waals surface area contributed by atoms with E-state index in [2.05, 4.69) is 67.2 Å². The molecule has 49 heavy (non-hydrogen) atoms. The summed E-state index contributed by atoms with van der Waals surface area (Å²) in [5.74, 6) is 0.249. The third-order valence-electron chi connectivity index (χ3n) is 10.5. The lowest BCUT2D eigenvalue weighted by Crippen LogP contribution is -2.52. The number of ether oxygens (including phenoxy) is 2. The standard InChI is InChI=1S/C41H40N2O4S2/c1-4-6-8-10-12-22-30(44)46-36-32-33(35-26-19-15-17-21-28(26)41(35)27-20-16-14-18-25(27)34(32)41)37(47-31(45)23-13-11-9-7-5-2)39-38(36)48-40(49-39)29(24-42)43-3/h14-21,34-35H,4-13,22-23H2,1-2H3/t34-,35+,41?. The number of allylic oxidation sites excluding steroid dienone is 1. The monoisotopic (exact) mass is 688 g/mol. The van der Waals surface area contributed by atoms with Crippen LogP contribution < -0.4 is 9.47 Å². The zero-order valence-corrected chi connectivity index (χ0v) is 29.7. The quantitative estimate of drug-likeness (QED) is 0.0548. The summed E-state index contributed by atoms with van der Waals surface area (Å²) in [4.78, 5) is 32.1. The first-order chi connectivity index (χ1) is 24.0. The van der Waals surface area contributed by atoms with Crippen LogP contribution >= 0.6 is 23.5 Å². The highest BCUT2D eigenvalue weighted by Gasteiger charge is 2.71. The fourth-order valence-corrected chi connectivity index (χ4v) is 11.0. The van der Waals surface area contributed by atoms with Crippen molar-refractivity contribution in [2.75, 3.05) is 0 Å². The van der Waals surface area contributed by atoms with Gasteiger partial charge in [-0.25, -0.2) is 10.1 Å². The van der Waals surface area contributed by atoms with Gasteiger partial charge in [0.1, 0.15) is 11.5 Å². The van der Waals surface area contributed by atoms with E-state index in [0.717, 1.165) is 75.3 Å². The second-order valence-corrected chi connectivity index (χ2v) is 15.7. The number of carbonyl (C=O) groups is 2. The Morgan fingerprint density at radius 2 is 1.20 bits per heavy atom. The number of nitriles is 1. The second kappa shape index (κ2) is 14.1. The maximum absolute atomic E-state index is 13.6. The molecule has 1 heterocycles. The van der Waals surface area contributed by atoms with Crippen molar-refractivity contribution in [3.8, 4) is 17.6 Å². The maximum Gasteiger partial charge on any atom is 0.311 e. The highest BCUT2D eigenvalue weighted by atomic mass is 32.2. The second-order valence-electron chi connectivity index (χ2n) is 13.4. The van der Waals surface area contributed by atoms with Crippen LogP contribution in [0.15, 0.2) is 68.3 Å². The molecule has 0 N–H and O–H groups in total. The van der Waals surface area contributed by atoms with Crippen molar-refractivity contribution in [3.05, 3.63) is 103 Å². The fourth-order valence-electron chi connectivity index (χ4n) is 8.44. The molecule has 3 aromatic carbocycles. The molecule has 1 aliphatic heterocycles. The zero-order valence-electron chi connectivity index (χ0n) is 28.1. The molecule has 8 heteroatoms. The molecule has 0 saturated carbocycles. The number of benzene rings is 3. The van der Waals surface area contributed by atoms with Gasteiger partial charge in [-0.2, -0.15) is 0 Å². The smallest absolute Gasteiger partial charge is 0.311 e. The van der Waals surface area contributed by atoms with Crippen LogP contribution in [0.4, 0.5) is 0 Å². The molecular formula is C41H40N2O4S2. The van der Waals surface area contributed by atoms with Gasteiger partial charge in [-0.15, -0.1) is 0 Å². The number of thioether (sulfide) groups is 2. The van der Waals surface area contributed by atoms with Gasteiger partial charge in [0.25, 0.3) is 5.70 Å². The fraction of sp³-hybridized carbons (Fsp3) is 0.415. The van der Waals surface area contributed by atoms with Crippen molar-refractivity contribution in [3.63, 3.8) is 0 Å². The largest absolute Gasteiger partial charge is 0.425 e. The molecule has 0 bridgehead atoms. The number of esters is 2. The Morgan fingerprint density at radius 3 is 1.63 bits per heavy atom. The van der Waals surface area contributed by atoms with Gasteiger partial charge in [-0.1, -0.05) is 137 Å². The van der Waals surface area contributed by atoms with Gasteiger partial charge in [0.15, 0.2) is 0 Å². The number of unbranched alkanes of at least 4 members (excludes halogenated alkanes) is 8. The number of rotatable bonds is 14. The summed E-state index contributed by atoms with van der Waals surface area (Å²) in [7, 11) is 0. The molecule has 3 atom stereocenters. The van der Waals surface area contributed by atoms with Crippen molar-refractivity contribution in [2.45, 2.75) is 118 Å². The van der Waals surface area contributed by atoms with Crippen LogP contribution in [0.1, 0.15) is 136 Å². The molecule has 7 rings (SSSR count). The van der Waals surface area contributed by atoms with Gasteiger partial charge >= 0.3 is 11.9 Å². The van der Waals surface area contributed by atoms with E-state index in [4.69, 9.17) is 16.0 Å². The molecule has 6 nitrogen and oxygen atoms in total. The van der Waals surface area contributed by atoms with Crippen molar-refractivity contribution < 1.29 is 19.1 Å². The van der Waals surface area contributed by atoms with Crippen molar-refractivity contribution in [1.29, 1.82) is 5.26 Å². The topological polar surface area (TPSA) is 80.8 Å². The van der Waals surface area contributed by atoms with Gasteiger partial charge in [-0.3, -0.25) is 9.59 Å². The Kier molecular flexibility index (Phi) is 9.64. The Balaban J connectivity index is 1.38. The Hall–Kier alpha value is -3.98. The molecule has 3 aliphatic carbocycles. The average molecular weight is 689 g/mol. The lowest BCUT2D eigenvalue weighted by Gasteiger charge is -2.58. The van der Waals surface area contributed by atoms with E-state index >= 15 is 0 Å². The molecule has 3 aromatic rings. The summed E-state index contributed by atoms with van der Waals surface area (Å²) in [5, 5.41) is 9.85. The Bertz CT molecular complexity index is 1820. The Labute approximate surface area is 297 Å². The van der Waals surface area contributed by atoms with E-state index in [1.807, 2.05) is 6.07 Å². The normalized spacial score (nSPS) is 20.9. The molecule has 0 fully saturated rings. The van der Waals surface area contributed by atoms with E-state index in [1.165, 1.54) is 45.8 Å². The molecular weight excluding hydrogens is 649 g/mol. The molecule has 0 radical (unpaired) electrons. The van der Waals surface area contributed by atoms with E-state index in [-0.39, 0.29) is 34.9 Å².